The molecule has 1 atom stereocenters. The van der Waals surface area contributed by atoms with Crippen LogP contribution in [-0.2, 0) is 16.2 Å². The topological polar surface area (TPSA) is 70.8 Å². The molecule has 0 aliphatic carbocycles. The first-order valence-corrected chi connectivity index (χ1v) is 12.6. The number of rotatable bonds is 3. The van der Waals surface area contributed by atoms with E-state index in [-0.39, 0.29) is 33.9 Å². The van der Waals surface area contributed by atoms with E-state index in [0.29, 0.717) is 24.4 Å². The van der Waals surface area contributed by atoms with E-state index in [9.17, 15) is 26.4 Å². The molecule has 3 heterocycles. The molecule has 0 N–H and O–H groups in total. The lowest BCUT2D eigenvalue weighted by Crippen LogP contribution is -2.32. The number of carbonyl (C=O) groups excluding carboxylic acids is 1. The van der Waals surface area contributed by atoms with Gasteiger partial charge in [0.25, 0.3) is 5.91 Å². The summed E-state index contributed by atoms with van der Waals surface area (Å²) in [5.74, 6) is -0.781. The molecule has 174 valence electrons. The number of carbonyl (C=O) groups is 1. The second kappa shape index (κ2) is 8.42. The third-order valence-corrected chi connectivity index (χ3v) is 8.92. The Hall–Kier alpha value is -1.98. The maximum absolute atomic E-state index is 13.3. The molecule has 0 bridgehead atoms. The largest absolute Gasteiger partial charge is 0.455 e. The Morgan fingerprint density at radius 3 is 2.50 bits per heavy atom. The Kier molecular flexibility index (Phi) is 6.10. The minimum absolute atomic E-state index is 0.0791. The zero-order valence-electron chi connectivity index (χ0n) is 17.6. The van der Waals surface area contributed by atoms with Gasteiger partial charge in [0.2, 0.25) is 10.0 Å². The normalized spacial score (nSPS) is 20.3. The number of hydrogen-bond donors (Lipinski definition) is 0. The molecule has 2 aliphatic rings. The Morgan fingerprint density at radius 1 is 1.16 bits per heavy atom. The lowest BCUT2D eigenvalue weighted by atomic mass is 10.1. The number of anilines is 1. The number of thioether (sulfide) groups is 1. The summed E-state index contributed by atoms with van der Waals surface area (Å²) < 4.78 is 72.7. The van der Waals surface area contributed by atoms with Crippen molar-refractivity contribution in [3.05, 3.63) is 41.3 Å². The first-order valence-electron chi connectivity index (χ1n) is 10.3. The molecule has 1 unspecified atom stereocenters. The van der Waals surface area contributed by atoms with Gasteiger partial charge in [-0.25, -0.2) is 8.42 Å². The van der Waals surface area contributed by atoms with Crippen LogP contribution in [0.2, 0.25) is 0 Å². The van der Waals surface area contributed by atoms with Crippen LogP contribution in [0.3, 0.4) is 0 Å². The van der Waals surface area contributed by atoms with Crippen molar-refractivity contribution in [3.8, 4) is 0 Å². The summed E-state index contributed by atoms with van der Waals surface area (Å²) in [5.41, 5.74) is -0.700. The van der Waals surface area contributed by atoms with Crippen LogP contribution >= 0.6 is 11.8 Å². The lowest BCUT2D eigenvalue weighted by Gasteiger charge is -2.22. The smallest absolute Gasteiger partial charge is 0.416 e. The third kappa shape index (κ3) is 4.29. The second-order valence-electron chi connectivity index (χ2n) is 8.00. The molecule has 1 amide bonds. The molecule has 11 heteroatoms. The molecule has 32 heavy (non-hydrogen) atoms. The number of nitrogens with zero attached hydrogens (tertiary/aromatic N) is 2. The maximum Gasteiger partial charge on any atom is 0.416 e. The predicted octanol–water partition coefficient (Wildman–Crippen LogP) is 4.92. The molecule has 4 rings (SSSR count). The highest BCUT2D eigenvalue weighted by atomic mass is 32.2. The quantitative estimate of drug-likeness (QED) is 0.613. The number of fused-ring (bicyclic) bond motifs is 1. The summed E-state index contributed by atoms with van der Waals surface area (Å²) in [6.45, 7) is 4.42. The highest BCUT2D eigenvalue weighted by Crippen LogP contribution is 2.42. The lowest BCUT2D eigenvalue weighted by molar-refractivity contribution is -0.137. The summed E-state index contributed by atoms with van der Waals surface area (Å²) in [4.78, 5) is 15.1. The molecule has 6 nitrogen and oxygen atoms in total. The van der Waals surface area contributed by atoms with E-state index in [1.54, 1.807) is 0 Å². The number of aryl methyl sites for hydroxylation is 1. The fraction of sp³-hybridized carbons (Fsp3) is 0.476. The fourth-order valence-electron chi connectivity index (χ4n) is 3.95. The average Bonchev–Trinajstić information content (AvgIpc) is 3.35. The molecular formula is C21H23F3N2O4S2. The Balaban J connectivity index is 1.72. The van der Waals surface area contributed by atoms with Crippen molar-refractivity contribution in [2.75, 3.05) is 24.5 Å². The van der Waals surface area contributed by atoms with Crippen molar-refractivity contribution in [2.24, 2.45) is 0 Å². The van der Waals surface area contributed by atoms with Crippen molar-refractivity contribution < 1.29 is 30.8 Å². The van der Waals surface area contributed by atoms with E-state index in [4.69, 9.17) is 4.42 Å². The van der Waals surface area contributed by atoms with Gasteiger partial charge in [-0.1, -0.05) is 6.92 Å². The minimum Gasteiger partial charge on any atom is -0.455 e. The Bertz CT molecular complexity index is 1140. The van der Waals surface area contributed by atoms with E-state index in [1.807, 2.05) is 6.92 Å². The van der Waals surface area contributed by atoms with Crippen molar-refractivity contribution in [2.45, 2.75) is 54.3 Å². The van der Waals surface area contributed by atoms with Crippen LogP contribution in [0, 0.1) is 6.92 Å². The fourth-order valence-corrected chi connectivity index (χ4v) is 6.72. The number of sulfonamides is 1. The van der Waals surface area contributed by atoms with Gasteiger partial charge in [0.15, 0.2) is 5.76 Å². The average molecular weight is 489 g/mol. The predicted molar refractivity (Wildman–Crippen MR) is 114 cm³/mol. The summed E-state index contributed by atoms with van der Waals surface area (Å²) in [5, 5.41) is 0.0905. The van der Waals surface area contributed by atoms with E-state index in [0.717, 1.165) is 25.0 Å². The summed E-state index contributed by atoms with van der Waals surface area (Å²) in [6, 6.07) is 4.54. The van der Waals surface area contributed by atoms with Gasteiger partial charge >= 0.3 is 6.18 Å². The molecule has 2 aliphatic heterocycles. The van der Waals surface area contributed by atoms with Crippen LogP contribution in [-0.4, -0.2) is 43.5 Å². The Morgan fingerprint density at radius 2 is 1.84 bits per heavy atom. The van der Waals surface area contributed by atoms with Gasteiger partial charge < -0.3 is 9.32 Å². The van der Waals surface area contributed by atoms with Crippen molar-refractivity contribution in [1.82, 2.24) is 4.31 Å². The Labute approximate surface area is 188 Å². The standard InChI is InChI=1S/C21H23F3N2O4S2/c1-13-7-10-26(16-11-15(21(22,23)24)5-6-18(16)31-13)20(27)17-12-19(14(2)30-17)32(28,29)25-8-3-4-9-25/h5-6,11-13H,3-4,7-10H2,1-2H3. The number of amides is 1. The molecule has 1 saturated heterocycles. The number of hydrogen-bond acceptors (Lipinski definition) is 5. The first kappa shape index (κ1) is 23.2. The van der Waals surface area contributed by atoms with Crippen LogP contribution in [0.1, 0.15) is 48.1 Å². The van der Waals surface area contributed by atoms with Crippen molar-refractivity contribution >= 4 is 33.4 Å². The highest BCUT2D eigenvalue weighted by molar-refractivity contribution is 8.00. The van der Waals surface area contributed by atoms with Crippen LogP contribution < -0.4 is 4.90 Å². The summed E-state index contributed by atoms with van der Waals surface area (Å²) in [6.07, 6.45) is -2.45. The first-order chi connectivity index (χ1) is 15.0. The zero-order valence-corrected chi connectivity index (χ0v) is 19.2. The number of alkyl halides is 3. The van der Waals surface area contributed by atoms with Crippen LogP contribution in [0.4, 0.5) is 18.9 Å². The number of halogens is 3. The molecule has 1 fully saturated rings. The highest BCUT2D eigenvalue weighted by Gasteiger charge is 2.36. The minimum atomic E-state index is -4.55. The SMILES string of the molecule is Cc1oc(C(=O)N2CCC(C)Sc3ccc(C(F)(F)F)cc32)cc1S(=O)(=O)N1CCCC1. The van der Waals surface area contributed by atoms with Gasteiger partial charge in [0.05, 0.1) is 11.3 Å². The van der Waals surface area contributed by atoms with E-state index >= 15 is 0 Å². The second-order valence-corrected chi connectivity index (χ2v) is 11.4. The van der Waals surface area contributed by atoms with E-state index < -0.39 is 27.7 Å². The number of benzene rings is 1. The van der Waals surface area contributed by atoms with Crippen molar-refractivity contribution in [1.29, 1.82) is 0 Å². The van der Waals surface area contributed by atoms with Gasteiger partial charge in [-0.15, -0.1) is 11.8 Å². The molecule has 0 radical (unpaired) electrons. The third-order valence-electron chi connectivity index (χ3n) is 5.68. The number of furan rings is 1. The molecule has 0 saturated carbocycles. The van der Waals surface area contributed by atoms with Gasteiger partial charge in [0.1, 0.15) is 10.7 Å². The van der Waals surface area contributed by atoms with Crippen molar-refractivity contribution in [3.63, 3.8) is 0 Å². The summed E-state index contributed by atoms with van der Waals surface area (Å²) in [7, 11) is -3.80. The molecule has 2 aromatic rings. The maximum atomic E-state index is 13.3. The van der Waals surface area contributed by atoms with Gasteiger partial charge in [-0.05, 0) is 44.4 Å². The van der Waals surface area contributed by atoms with Crippen LogP contribution in [0.25, 0.3) is 0 Å². The van der Waals surface area contributed by atoms with Gasteiger partial charge in [-0.2, -0.15) is 17.5 Å². The van der Waals surface area contributed by atoms with Gasteiger partial charge in [0, 0.05) is 35.8 Å². The van der Waals surface area contributed by atoms with E-state index in [2.05, 4.69) is 0 Å². The molecule has 1 aromatic carbocycles. The van der Waals surface area contributed by atoms with E-state index in [1.165, 1.54) is 40.0 Å². The van der Waals surface area contributed by atoms with Gasteiger partial charge in [-0.3, -0.25) is 4.79 Å². The zero-order chi connectivity index (χ0) is 23.3. The molecular weight excluding hydrogens is 465 g/mol. The monoisotopic (exact) mass is 488 g/mol. The van der Waals surface area contributed by atoms with Crippen LogP contribution in [0.5, 0.6) is 0 Å². The van der Waals surface area contributed by atoms with Crippen LogP contribution in [0.15, 0.2) is 38.5 Å². The molecule has 1 aromatic heterocycles. The summed E-state index contributed by atoms with van der Waals surface area (Å²) >= 11 is 1.40. The molecule has 0 spiro atoms.